The Morgan fingerprint density at radius 3 is 2.27 bits per heavy atom. The number of rotatable bonds is 10. The largest absolute Gasteiger partial charge is 0.396 e. The van der Waals surface area contributed by atoms with Crippen molar-refractivity contribution in [1.82, 2.24) is 10.0 Å². The van der Waals surface area contributed by atoms with Gasteiger partial charge >= 0.3 is 0 Å². The van der Waals surface area contributed by atoms with E-state index in [4.69, 9.17) is 5.11 Å². The molecule has 2 aromatic rings. The second kappa shape index (κ2) is 9.83. The quantitative estimate of drug-likeness (QED) is 0.557. The van der Waals surface area contributed by atoms with Crippen LogP contribution in [0.5, 0.6) is 0 Å². The van der Waals surface area contributed by atoms with Crippen molar-refractivity contribution in [3.05, 3.63) is 65.7 Å². The van der Waals surface area contributed by atoms with Crippen LogP contribution in [0.1, 0.15) is 36.9 Å². The average Bonchev–Trinajstić information content (AvgIpc) is 2.65. The van der Waals surface area contributed by atoms with Gasteiger partial charge in [0.05, 0.1) is 4.90 Å². The summed E-state index contributed by atoms with van der Waals surface area (Å²) in [5, 5.41) is 12.4. The van der Waals surface area contributed by atoms with Crippen molar-refractivity contribution in [2.45, 2.75) is 43.7 Å². The van der Waals surface area contributed by atoms with E-state index in [1.165, 1.54) is 0 Å². The maximum Gasteiger partial charge on any atom is 0.240 e. The topological polar surface area (TPSA) is 78.4 Å². The third-order valence-corrected chi connectivity index (χ3v) is 5.84. The molecule has 0 radical (unpaired) electrons. The van der Waals surface area contributed by atoms with Crippen LogP contribution in [0.3, 0.4) is 0 Å². The molecule has 142 valence electrons. The lowest BCUT2D eigenvalue weighted by atomic mass is 9.98. The molecular formula is C20H28N2O3S. The fraction of sp³-hybridized carbons (Fsp3) is 0.400. The van der Waals surface area contributed by atoms with Crippen molar-refractivity contribution in [1.29, 1.82) is 0 Å². The van der Waals surface area contributed by atoms with Crippen LogP contribution in [-0.4, -0.2) is 32.7 Å². The van der Waals surface area contributed by atoms with E-state index in [1.807, 2.05) is 44.2 Å². The molecule has 3 N–H and O–H groups in total. The smallest absolute Gasteiger partial charge is 0.240 e. The van der Waals surface area contributed by atoms with Gasteiger partial charge in [-0.25, -0.2) is 13.1 Å². The molecule has 2 aromatic carbocycles. The number of aliphatic hydroxyl groups is 1. The van der Waals surface area contributed by atoms with Gasteiger partial charge in [-0.15, -0.1) is 0 Å². The fourth-order valence-electron chi connectivity index (χ4n) is 2.86. The Labute approximate surface area is 156 Å². The Balaban J connectivity index is 2.24. The molecule has 0 saturated carbocycles. The molecule has 0 aromatic heterocycles. The molecule has 6 heteroatoms. The second-order valence-electron chi connectivity index (χ2n) is 6.37. The highest BCUT2D eigenvalue weighted by Gasteiger charge is 2.26. The minimum absolute atomic E-state index is 0.0976. The van der Waals surface area contributed by atoms with E-state index in [0.717, 1.165) is 11.1 Å². The van der Waals surface area contributed by atoms with Gasteiger partial charge in [0.15, 0.2) is 0 Å². The van der Waals surface area contributed by atoms with E-state index < -0.39 is 10.0 Å². The molecule has 26 heavy (non-hydrogen) atoms. The van der Waals surface area contributed by atoms with Crippen molar-refractivity contribution in [3.63, 3.8) is 0 Å². The number of hydrogen-bond acceptors (Lipinski definition) is 4. The first-order chi connectivity index (χ1) is 12.5. The molecule has 2 atom stereocenters. The summed E-state index contributed by atoms with van der Waals surface area (Å²) in [4.78, 5) is 0.267. The van der Waals surface area contributed by atoms with Crippen LogP contribution in [-0.2, 0) is 10.0 Å². The number of aryl methyl sites for hydroxylation is 1. The third kappa shape index (κ3) is 5.64. The minimum atomic E-state index is -3.61. The van der Waals surface area contributed by atoms with E-state index in [-0.39, 0.29) is 23.6 Å². The van der Waals surface area contributed by atoms with Crippen LogP contribution >= 0.6 is 0 Å². The number of sulfonamides is 1. The molecule has 0 fully saturated rings. The molecule has 0 unspecified atom stereocenters. The van der Waals surface area contributed by atoms with E-state index >= 15 is 0 Å². The van der Waals surface area contributed by atoms with Gasteiger partial charge in [-0.3, -0.25) is 0 Å². The monoisotopic (exact) mass is 376 g/mol. The maximum absolute atomic E-state index is 12.8. The molecule has 5 nitrogen and oxygen atoms in total. The van der Waals surface area contributed by atoms with Crippen LogP contribution in [0, 0.1) is 6.92 Å². The van der Waals surface area contributed by atoms with Crippen molar-refractivity contribution in [3.8, 4) is 0 Å². The van der Waals surface area contributed by atoms with E-state index in [2.05, 4.69) is 10.0 Å². The summed E-state index contributed by atoms with van der Waals surface area (Å²) in [6.07, 6.45) is 1.25. The summed E-state index contributed by atoms with van der Waals surface area (Å²) >= 11 is 0. The van der Waals surface area contributed by atoms with Crippen molar-refractivity contribution < 1.29 is 13.5 Å². The lowest BCUT2D eigenvalue weighted by Gasteiger charge is -2.28. The summed E-state index contributed by atoms with van der Waals surface area (Å²) in [6.45, 7) is 4.60. The van der Waals surface area contributed by atoms with E-state index in [9.17, 15) is 8.42 Å². The normalized spacial score (nSPS) is 14.1. The van der Waals surface area contributed by atoms with E-state index in [1.54, 1.807) is 24.3 Å². The van der Waals surface area contributed by atoms with Crippen LogP contribution in [0.25, 0.3) is 0 Å². The highest BCUT2D eigenvalue weighted by molar-refractivity contribution is 7.89. The van der Waals surface area contributed by atoms with Crippen LogP contribution in [0.15, 0.2) is 59.5 Å². The number of benzene rings is 2. The summed E-state index contributed by atoms with van der Waals surface area (Å²) < 4.78 is 28.5. The number of nitrogens with one attached hydrogen (secondary N) is 2. The Morgan fingerprint density at radius 2 is 1.69 bits per heavy atom. The molecule has 0 heterocycles. The first kappa shape index (κ1) is 20.6. The Hall–Kier alpha value is -1.73. The third-order valence-electron chi connectivity index (χ3n) is 4.34. The van der Waals surface area contributed by atoms with Gasteiger partial charge in [0.2, 0.25) is 10.0 Å². The first-order valence-electron chi connectivity index (χ1n) is 8.96. The SMILES string of the molecule is CC[C@H](NS(=O)(=O)c1ccc(C)cc1)[C@H](NCCCO)c1ccccc1. The van der Waals surface area contributed by atoms with Crippen molar-refractivity contribution >= 4 is 10.0 Å². The van der Waals surface area contributed by atoms with Gasteiger partial charge in [0.25, 0.3) is 0 Å². The number of hydrogen-bond donors (Lipinski definition) is 3. The lowest BCUT2D eigenvalue weighted by Crippen LogP contribution is -2.44. The van der Waals surface area contributed by atoms with Gasteiger partial charge in [-0.1, -0.05) is 55.0 Å². The average molecular weight is 377 g/mol. The molecule has 0 amide bonds. The lowest BCUT2D eigenvalue weighted by molar-refractivity contribution is 0.279. The minimum Gasteiger partial charge on any atom is -0.396 e. The van der Waals surface area contributed by atoms with Gasteiger partial charge in [-0.2, -0.15) is 0 Å². The molecule has 0 aliphatic rings. The van der Waals surface area contributed by atoms with Gasteiger partial charge in [0.1, 0.15) is 0 Å². The van der Waals surface area contributed by atoms with Gasteiger partial charge < -0.3 is 10.4 Å². The number of aliphatic hydroxyl groups excluding tert-OH is 1. The highest BCUT2D eigenvalue weighted by atomic mass is 32.2. The molecule has 0 aliphatic carbocycles. The Kier molecular flexibility index (Phi) is 7.78. The molecule has 0 saturated heterocycles. The highest BCUT2D eigenvalue weighted by Crippen LogP contribution is 2.21. The zero-order chi connectivity index (χ0) is 19.0. The predicted octanol–water partition coefficient (Wildman–Crippen LogP) is 2.77. The molecule has 0 aliphatic heterocycles. The zero-order valence-corrected chi connectivity index (χ0v) is 16.2. The van der Waals surface area contributed by atoms with Gasteiger partial charge in [-0.05, 0) is 44.0 Å². The predicted molar refractivity (Wildman–Crippen MR) is 104 cm³/mol. The molecular weight excluding hydrogens is 348 g/mol. The zero-order valence-electron chi connectivity index (χ0n) is 15.4. The van der Waals surface area contributed by atoms with Crippen LogP contribution in [0.4, 0.5) is 0 Å². The summed E-state index contributed by atoms with van der Waals surface area (Å²) in [6, 6.07) is 16.2. The maximum atomic E-state index is 12.8. The van der Waals surface area contributed by atoms with Crippen molar-refractivity contribution in [2.24, 2.45) is 0 Å². The summed E-state index contributed by atoms with van der Waals surface area (Å²) in [7, 11) is -3.61. The van der Waals surface area contributed by atoms with Crippen LogP contribution in [0.2, 0.25) is 0 Å². The molecule has 0 spiro atoms. The molecule has 0 bridgehead atoms. The summed E-state index contributed by atoms with van der Waals surface area (Å²) in [5.41, 5.74) is 2.03. The summed E-state index contributed by atoms with van der Waals surface area (Å²) in [5.74, 6) is 0. The second-order valence-corrected chi connectivity index (χ2v) is 8.08. The van der Waals surface area contributed by atoms with Crippen molar-refractivity contribution in [2.75, 3.05) is 13.2 Å². The standard InChI is InChI=1S/C20H28N2O3S/c1-3-19(22-26(24,25)18-12-10-16(2)11-13-18)20(21-14-7-15-23)17-8-5-4-6-9-17/h4-6,8-13,19-23H,3,7,14-15H2,1-2H3/t19-,20+/m0/s1. The van der Waals surface area contributed by atoms with Crippen LogP contribution < -0.4 is 10.0 Å². The van der Waals surface area contributed by atoms with E-state index in [0.29, 0.717) is 19.4 Å². The fourth-order valence-corrected chi connectivity index (χ4v) is 4.19. The Bertz CT molecular complexity index is 761. The Morgan fingerprint density at radius 1 is 1.04 bits per heavy atom. The first-order valence-corrected chi connectivity index (χ1v) is 10.4. The van der Waals surface area contributed by atoms with Gasteiger partial charge in [0, 0.05) is 18.7 Å². The molecule has 2 rings (SSSR count).